The van der Waals surface area contributed by atoms with Gasteiger partial charge in [-0.25, -0.2) is 8.78 Å². The normalized spacial score (nSPS) is 24.5. The van der Waals surface area contributed by atoms with Crippen LogP contribution in [0, 0.1) is 11.6 Å². The second-order valence-corrected chi connectivity index (χ2v) is 4.95. The Morgan fingerprint density at radius 3 is 2.59 bits per heavy atom. The zero-order valence-electron chi connectivity index (χ0n) is 9.08. The number of benzene rings is 1. The SMILES string of the molecule is CC1CC(N)C(=O)N1c1ccc(Br)c(F)c1F. The zero-order valence-corrected chi connectivity index (χ0v) is 10.7. The Bertz CT molecular complexity index is 481. The van der Waals surface area contributed by atoms with Crippen molar-refractivity contribution in [3.8, 4) is 0 Å². The first-order valence-electron chi connectivity index (χ1n) is 5.15. The lowest BCUT2D eigenvalue weighted by Gasteiger charge is -2.22. The van der Waals surface area contributed by atoms with Crippen LogP contribution >= 0.6 is 15.9 Å². The Hall–Kier alpha value is -1.01. The molecule has 92 valence electrons. The molecule has 1 amide bonds. The predicted molar refractivity (Wildman–Crippen MR) is 63.6 cm³/mol. The molecule has 2 unspecified atom stereocenters. The van der Waals surface area contributed by atoms with Gasteiger partial charge in [0.15, 0.2) is 11.6 Å². The van der Waals surface area contributed by atoms with Crippen molar-refractivity contribution in [1.29, 1.82) is 0 Å². The first-order valence-corrected chi connectivity index (χ1v) is 5.95. The van der Waals surface area contributed by atoms with Gasteiger partial charge in [-0.05, 0) is 41.4 Å². The van der Waals surface area contributed by atoms with Crippen molar-refractivity contribution in [2.24, 2.45) is 5.73 Å². The van der Waals surface area contributed by atoms with Crippen molar-refractivity contribution in [2.75, 3.05) is 4.90 Å². The molecule has 1 aliphatic rings. The van der Waals surface area contributed by atoms with E-state index in [4.69, 9.17) is 5.73 Å². The summed E-state index contributed by atoms with van der Waals surface area (Å²) in [4.78, 5) is 13.0. The highest BCUT2D eigenvalue weighted by molar-refractivity contribution is 9.10. The van der Waals surface area contributed by atoms with Crippen LogP contribution in [0.5, 0.6) is 0 Å². The van der Waals surface area contributed by atoms with Crippen LogP contribution in [0.25, 0.3) is 0 Å². The van der Waals surface area contributed by atoms with E-state index in [2.05, 4.69) is 15.9 Å². The summed E-state index contributed by atoms with van der Waals surface area (Å²) < 4.78 is 27.2. The molecule has 17 heavy (non-hydrogen) atoms. The number of carbonyl (C=O) groups excluding carboxylic acids is 1. The summed E-state index contributed by atoms with van der Waals surface area (Å²) >= 11 is 2.89. The minimum absolute atomic E-state index is 0.0300. The van der Waals surface area contributed by atoms with E-state index in [1.807, 2.05) is 0 Å². The summed E-state index contributed by atoms with van der Waals surface area (Å²) in [5.74, 6) is -2.41. The Labute approximate surface area is 106 Å². The summed E-state index contributed by atoms with van der Waals surface area (Å²) in [7, 11) is 0. The number of amides is 1. The molecular formula is C11H11BrF2N2O. The van der Waals surface area contributed by atoms with Gasteiger partial charge in [-0.2, -0.15) is 0 Å². The molecule has 1 aliphatic heterocycles. The van der Waals surface area contributed by atoms with Crippen LogP contribution in [0.4, 0.5) is 14.5 Å². The second kappa shape index (κ2) is 4.34. The molecular weight excluding hydrogens is 294 g/mol. The summed E-state index contributed by atoms with van der Waals surface area (Å²) in [6.07, 6.45) is 0.440. The highest BCUT2D eigenvalue weighted by atomic mass is 79.9. The standard InChI is InChI=1S/C11H11BrF2N2O/c1-5-4-7(15)11(17)16(5)8-3-2-6(12)9(13)10(8)14/h2-3,5,7H,4,15H2,1H3. The maximum Gasteiger partial charge on any atom is 0.244 e. The maximum atomic E-state index is 13.7. The van der Waals surface area contributed by atoms with E-state index in [1.54, 1.807) is 6.92 Å². The Morgan fingerprint density at radius 2 is 2.06 bits per heavy atom. The summed E-state index contributed by atoms with van der Waals surface area (Å²) in [5.41, 5.74) is 5.54. The van der Waals surface area contributed by atoms with E-state index in [0.29, 0.717) is 6.42 Å². The molecule has 0 aromatic heterocycles. The molecule has 6 heteroatoms. The lowest BCUT2D eigenvalue weighted by molar-refractivity contribution is -0.118. The minimum Gasteiger partial charge on any atom is -0.320 e. The Morgan fingerprint density at radius 1 is 1.41 bits per heavy atom. The summed E-state index contributed by atoms with van der Waals surface area (Å²) in [6.45, 7) is 1.75. The van der Waals surface area contributed by atoms with Gasteiger partial charge < -0.3 is 10.6 Å². The van der Waals surface area contributed by atoms with Gasteiger partial charge in [0.25, 0.3) is 0 Å². The van der Waals surface area contributed by atoms with Gasteiger partial charge in [0, 0.05) is 6.04 Å². The van der Waals surface area contributed by atoms with Gasteiger partial charge in [0.1, 0.15) is 0 Å². The molecule has 2 rings (SSSR count). The van der Waals surface area contributed by atoms with Crippen LogP contribution in [0.2, 0.25) is 0 Å². The van der Waals surface area contributed by atoms with E-state index >= 15 is 0 Å². The van der Waals surface area contributed by atoms with Crippen LogP contribution in [0.15, 0.2) is 16.6 Å². The lowest BCUT2D eigenvalue weighted by Crippen LogP contribution is -2.36. The number of hydrogen-bond donors (Lipinski definition) is 1. The largest absolute Gasteiger partial charge is 0.320 e. The third-order valence-electron chi connectivity index (χ3n) is 2.86. The predicted octanol–water partition coefficient (Wildman–Crippen LogP) is 2.18. The molecule has 0 spiro atoms. The number of rotatable bonds is 1. The minimum atomic E-state index is -1.03. The van der Waals surface area contributed by atoms with E-state index in [0.717, 1.165) is 0 Å². The van der Waals surface area contributed by atoms with Crippen LogP contribution in [-0.4, -0.2) is 18.0 Å². The van der Waals surface area contributed by atoms with Crippen molar-refractivity contribution < 1.29 is 13.6 Å². The van der Waals surface area contributed by atoms with Gasteiger partial charge in [0.2, 0.25) is 5.91 Å². The molecule has 0 aliphatic carbocycles. The molecule has 1 fully saturated rings. The first kappa shape index (κ1) is 12.4. The first-order chi connectivity index (χ1) is 7.93. The van der Waals surface area contributed by atoms with Crippen molar-refractivity contribution in [3.63, 3.8) is 0 Å². The molecule has 1 aromatic rings. The highest BCUT2D eigenvalue weighted by Gasteiger charge is 2.37. The van der Waals surface area contributed by atoms with Gasteiger partial charge in [-0.3, -0.25) is 4.79 Å². The average molecular weight is 305 g/mol. The van der Waals surface area contributed by atoms with Crippen LogP contribution in [0.3, 0.4) is 0 Å². The Balaban J connectivity index is 2.48. The zero-order chi connectivity index (χ0) is 12.7. The smallest absolute Gasteiger partial charge is 0.244 e. The second-order valence-electron chi connectivity index (χ2n) is 4.09. The molecule has 1 aromatic carbocycles. The van der Waals surface area contributed by atoms with Crippen molar-refractivity contribution in [1.82, 2.24) is 0 Å². The molecule has 2 atom stereocenters. The fourth-order valence-electron chi connectivity index (χ4n) is 2.03. The monoisotopic (exact) mass is 304 g/mol. The van der Waals surface area contributed by atoms with Gasteiger partial charge >= 0.3 is 0 Å². The molecule has 0 bridgehead atoms. The van der Waals surface area contributed by atoms with Crippen LogP contribution in [0.1, 0.15) is 13.3 Å². The topological polar surface area (TPSA) is 46.3 Å². The highest BCUT2D eigenvalue weighted by Crippen LogP contribution is 2.32. The number of nitrogens with zero attached hydrogens (tertiary/aromatic N) is 1. The molecule has 2 N–H and O–H groups in total. The van der Waals surface area contributed by atoms with Crippen molar-refractivity contribution in [2.45, 2.75) is 25.4 Å². The van der Waals surface area contributed by atoms with Gasteiger partial charge in [-0.15, -0.1) is 0 Å². The van der Waals surface area contributed by atoms with E-state index in [9.17, 15) is 13.6 Å². The van der Waals surface area contributed by atoms with Crippen molar-refractivity contribution in [3.05, 3.63) is 28.2 Å². The third kappa shape index (κ3) is 1.95. The number of nitrogens with two attached hydrogens (primary N) is 1. The van der Waals surface area contributed by atoms with Crippen LogP contribution < -0.4 is 10.6 Å². The summed E-state index contributed by atoms with van der Waals surface area (Å²) in [5, 5.41) is 0. The van der Waals surface area contributed by atoms with Gasteiger partial charge in [-0.1, -0.05) is 0 Å². The molecule has 0 radical (unpaired) electrons. The van der Waals surface area contributed by atoms with E-state index in [-0.39, 0.29) is 22.1 Å². The number of anilines is 1. The lowest BCUT2D eigenvalue weighted by atomic mass is 10.2. The average Bonchev–Trinajstić information content (AvgIpc) is 2.52. The fourth-order valence-corrected chi connectivity index (χ4v) is 2.33. The number of halogens is 3. The summed E-state index contributed by atoms with van der Waals surface area (Å²) in [6, 6.07) is 1.87. The third-order valence-corrected chi connectivity index (χ3v) is 3.48. The molecule has 1 saturated heterocycles. The molecule has 0 saturated carbocycles. The maximum absolute atomic E-state index is 13.7. The quantitative estimate of drug-likeness (QED) is 0.808. The van der Waals surface area contributed by atoms with Crippen LogP contribution in [-0.2, 0) is 4.79 Å². The van der Waals surface area contributed by atoms with Crippen molar-refractivity contribution >= 4 is 27.5 Å². The fraction of sp³-hybridized carbons (Fsp3) is 0.364. The van der Waals surface area contributed by atoms with E-state index < -0.39 is 17.7 Å². The van der Waals surface area contributed by atoms with Gasteiger partial charge in [0.05, 0.1) is 16.2 Å². The number of carbonyl (C=O) groups is 1. The van der Waals surface area contributed by atoms with E-state index in [1.165, 1.54) is 17.0 Å². The molecule has 1 heterocycles. The Kier molecular flexibility index (Phi) is 3.18. The molecule has 3 nitrogen and oxygen atoms in total. The number of hydrogen-bond acceptors (Lipinski definition) is 2.